The second-order valence-electron chi connectivity index (χ2n) is 6.40. The van der Waals surface area contributed by atoms with E-state index in [9.17, 15) is 0 Å². The minimum absolute atomic E-state index is 0.508. The van der Waals surface area contributed by atoms with Crippen LogP contribution in [0.1, 0.15) is 41.3 Å². The minimum atomic E-state index is 0.508. The zero-order chi connectivity index (χ0) is 12.8. The number of aromatic nitrogens is 1. The molecule has 1 aromatic rings. The zero-order valence-corrected chi connectivity index (χ0v) is 12.6. The molecular weight excluding hydrogens is 240 g/mol. The summed E-state index contributed by atoms with van der Waals surface area (Å²) in [6, 6.07) is 0. The number of nitrogens with one attached hydrogen (secondary N) is 1. The van der Waals surface area contributed by atoms with E-state index >= 15 is 0 Å². The number of fused-ring (bicyclic) bond motifs is 2. The highest BCUT2D eigenvalue weighted by Crippen LogP contribution is 2.57. The normalized spacial score (nSPS) is 34.4. The summed E-state index contributed by atoms with van der Waals surface area (Å²) in [7, 11) is 2.10. The smallest absolute Gasteiger partial charge is 0.0937 e. The van der Waals surface area contributed by atoms with Crippen molar-refractivity contribution in [3.8, 4) is 0 Å². The molecule has 2 aliphatic carbocycles. The van der Waals surface area contributed by atoms with E-state index in [-0.39, 0.29) is 0 Å². The van der Waals surface area contributed by atoms with E-state index in [1.807, 2.05) is 11.3 Å². The Morgan fingerprint density at radius 3 is 2.72 bits per heavy atom. The molecule has 0 aromatic carbocycles. The first-order valence-electron chi connectivity index (χ1n) is 7.20. The fraction of sp³-hybridized carbons (Fsp3) is 0.800. The maximum absolute atomic E-state index is 4.78. The second-order valence-corrected chi connectivity index (χ2v) is 7.69. The first-order valence-corrected chi connectivity index (χ1v) is 8.02. The maximum atomic E-state index is 4.78. The molecular formula is C15H24N2S. The molecule has 0 amide bonds. The molecule has 0 radical (unpaired) electrons. The van der Waals surface area contributed by atoms with Crippen LogP contribution in [0, 0.1) is 31.1 Å². The average molecular weight is 264 g/mol. The molecule has 1 heterocycles. The van der Waals surface area contributed by atoms with Crippen molar-refractivity contribution in [3.05, 3.63) is 15.6 Å². The highest BCUT2D eigenvalue weighted by Gasteiger charge is 2.50. The highest BCUT2D eigenvalue weighted by molar-refractivity contribution is 7.11. The van der Waals surface area contributed by atoms with Gasteiger partial charge < -0.3 is 5.32 Å². The Balaban J connectivity index is 1.82. The van der Waals surface area contributed by atoms with E-state index in [4.69, 9.17) is 4.98 Å². The molecule has 3 rings (SSSR count). The van der Waals surface area contributed by atoms with Crippen molar-refractivity contribution in [3.63, 3.8) is 0 Å². The molecule has 2 bridgehead atoms. The Kier molecular flexibility index (Phi) is 3.23. The number of thiazole rings is 1. The first-order chi connectivity index (χ1) is 8.63. The monoisotopic (exact) mass is 264 g/mol. The molecule has 0 saturated heterocycles. The number of hydrogen-bond acceptors (Lipinski definition) is 3. The van der Waals surface area contributed by atoms with Gasteiger partial charge in [0.05, 0.1) is 10.7 Å². The van der Waals surface area contributed by atoms with Gasteiger partial charge in [-0.3, -0.25) is 0 Å². The van der Waals surface area contributed by atoms with Gasteiger partial charge in [0.2, 0.25) is 0 Å². The summed E-state index contributed by atoms with van der Waals surface area (Å²) in [6.45, 7) is 5.51. The van der Waals surface area contributed by atoms with Crippen LogP contribution in [-0.4, -0.2) is 18.6 Å². The van der Waals surface area contributed by atoms with Gasteiger partial charge in [0.25, 0.3) is 0 Å². The summed E-state index contributed by atoms with van der Waals surface area (Å²) in [6.07, 6.45) is 7.04. The van der Waals surface area contributed by atoms with Crippen LogP contribution in [0.15, 0.2) is 0 Å². The topological polar surface area (TPSA) is 24.9 Å². The van der Waals surface area contributed by atoms with Crippen molar-refractivity contribution in [2.45, 2.75) is 46.0 Å². The van der Waals surface area contributed by atoms with Gasteiger partial charge in [0.1, 0.15) is 0 Å². The molecule has 2 nitrogen and oxygen atoms in total. The predicted octanol–water partition coefficient (Wildman–Crippen LogP) is 3.33. The maximum Gasteiger partial charge on any atom is 0.0937 e. The Bertz CT molecular complexity index is 420. The van der Waals surface area contributed by atoms with Crippen LogP contribution in [0.4, 0.5) is 0 Å². The Labute approximate surface area is 114 Å². The molecule has 0 spiro atoms. The van der Waals surface area contributed by atoms with Crippen LogP contribution in [0.5, 0.6) is 0 Å². The van der Waals surface area contributed by atoms with Crippen LogP contribution >= 0.6 is 11.3 Å². The number of aryl methyl sites for hydroxylation is 2. The predicted molar refractivity (Wildman–Crippen MR) is 77.1 cm³/mol. The quantitative estimate of drug-likeness (QED) is 0.902. The van der Waals surface area contributed by atoms with Crippen molar-refractivity contribution in [2.24, 2.45) is 17.3 Å². The second kappa shape index (κ2) is 4.61. The van der Waals surface area contributed by atoms with Crippen LogP contribution in [0.3, 0.4) is 0 Å². The van der Waals surface area contributed by atoms with Crippen LogP contribution in [-0.2, 0) is 6.42 Å². The van der Waals surface area contributed by atoms with Crippen LogP contribution in [0.25, 0.3) is 0 Å². The molecule has 2 saturated carbocycles. The molecule has 18 heavy (non-hydrogen) atoms. The molecule has 2 aliphatic rings. The highest BCUT2D eigenvalue weighted by atomic mass is 32.1. The summed E-state index contributed by atoms with van der Waals surface area (Å²) in [5.74, 6) is 1.95. The largest absolute Gasteiger partial charge is 0.319 e. The van der Waals surface area contributed by atoms with Crippen molar-refractivity contribution in [1.29, 1.82) is 0 Å². The third kappa shape index (κ3) is 2.01. The summed E-state index contributed by atoms with van der Waals surface area (Å²) in [5, 5.41) is 4.82. The Hall–Kier alpha value is -0.410. The summed E-state index contributed by atoms with van der Waals surface area (Å²) in [4.78, 5) is 6.17. The molecule has 1 N–H and O–H groups in total. The van der Waals surface area contributed by atoms with Crippen molar-refractivity contribution in [1.82, 2.24) is 10.3 Å². The number of hydrogen-bond donors (Lipinski definition) is 1. The first kappa shape index (κ1) is 12.6. The lowest BCUT2D eigenvalue weighted by Gasteiger charge is -2.37. The number of rotatable bonds is 4. The fourth-order valence-electron chi connectivity index (χ4n) is 4.32. The van der Waals surface area contributed by atoms with Gasteiger partial charge in [-0.25, -0.2) is 4.98 Å². The molecule has 1 aromatic heterocycles. The molecule has 0 aliphatic heterocycles. The standard InChI is InChI=1S/C15H24N2S/c1-10-11(2)18-14(17-10)8-15(9-16-3)7-12-4-5-13(15)6-12/h12-13,16H,4-9H2,1-3H3. The van der Waals surface area contributed by atoms with E-state index in [2.05, 4.69) is 26.2 Å². The summed E-state index contributed by atoms with van der Waals surface area (Å²) >= 11 is 1.91. The van der Waals surface area contributed by atoms with E-state index in [0.717, 1.165) is 11.8 Å². The van der Waals surface area contributed by atoms with Crippen molar-refractivity contribution < 1.29 is 0 Å². The lowest BCUT2D eigenvalue weighted by Crippen LogP contribution is -2.39. The SMILES string of the molecule is CNCC1(Cc2nc(C)c(C)s2)CC2CCC1C2. The van der Waals surface area contributed by atoms with Gasteiger partial charge in [0.15, 0.2) is 0 Å². The molecule has 3 heteroatoms. The van der Waals surface area contributed by atoms with Gasteiger partial charge in [-0.05, 0) is 57.4 Å². The summed E-state index contributed by atoms with van der Waals surface area (Å²) < 4.78 is 0. The summed E-state index contributed by atoms with van der Waals surface area (Å²) in [5.41, 5.74) is 1.74. The van der Waals surface area contributed by atoms with Gasteiger partial charge >= 0.3 is 0 Å². The van der Waals surface area contributed by atoms with Crippen molar-refractivity contribution >= 4 is 11.3 Å². The number of nitrogens with zero attached hydrogens (tertiary/aromatic N) is 1. The van der Waals surface area contributed by atoms with Gasteiger partial charge in [-0.15, -0.1) is 11.3 Å². The van der Waals surface area contributed by atoms with E-state index in [0.29, 0.717) is 5.41 Å². The van der Waals surface area contributed by atoms with E-state index in [1.54, 1.807) is 0 Å². The van der Waals surface area contributed by atoms with Crippen molar-refractivity contribution in [2.75, 3.05) is 13.6 Å². The average Bonchev–Trinajstić information content (AvgIpc) is 2.96. The Morgan fingerprint density at radius 1 is 1.39 bits per heavy atom. The van der Waals surface area contributed by atoms with Crippen LogP contribution in [0.2, 0.25) is 0 Å². The fourth-order valence-corrected chi connectivity index (χ4v) is 5.41. The third-order valence-electron chi connectivity index (χ3n) is 5.21. The minimum Gasteiger partial charge on any atom is -0.319 e. The zero-order valence-electron chi connectivity index (χ0n) is 11.8. The third-order valence-corrected chi connectivity index (χ3v) is 6.28. The van der Waals surface area contributed by atoms with E-state index < -0.39 is 0 Å². The van der Waals surface area contributed by atoms with Gasteiger partial charge in [-0.1, -0.05) is 6.42 Å². The molecule has 3 atom stereocenters. The van der Waals surface area contributed by atoms with Gasteiger partial charge in [-0.2, -0.15) is 0 Å². The van der Waals surface area contributed by atoms with E-state index in [1.165, 1.54) is 54.2 Å². The lowest BCUT2D eigenvalue weighted by atomic mass is 9.71. The molecule has 3 unspecified atom stereocenters. The molecule has 100 valence electrons. The van der Waals surface area contributed by atoms with Crippen LogP contribution < -0.4 is 5.32 Å². The van der Waals surface area contributed by atoms with Gasteiger partial charge in [0, 0.05) is 17.8 Å². The lowest BCUT2D eigenvalue weighted by molar-refractivity contribution is 0.160. The Morgan fingerprint density at radius 2 is 2.22 bits per heavy atom. The molecule has 2 fully saturated rings.